The quantitative estimate of drug-likeness (QED) is 0.355. The van der Waals surface area contributed by atoms with Gasteiger partial charge < -0.3 is 19.4 Å². The zero-order chi connectivity index (χ0) is 28.5. The number of ether oxygens (including phenoxy) is 1. The molecule has 0 unspecified atom stereocenters. The van der Waals surface area contributed by atoms with Gasteiger partial charge in [0.05, 0.1) is 37.5 Å². The van der Waals surface area contributed by atoms with Crippen molar-refractivity contribution in [3.05, 3.63) is 84.1 Å². The fourth-order valence-corrected chi connectivity index (χ4v) is 5.69. The van der Waals surface area contributed by atoms with Crippen molar-refractivity contribution in [3.63, 3.8) is 0 Å². The van der Waals surface area contributed by atoms with Crippen molar-refractivity contribution < 1.29 is 31.6 Å². The lowest BCUT2D eigenvalue weighted by molar-refractivity contribution is -0.133. The Hall–Kier alpha value is -3.58. The smallest absolute Gasteiger partial charge is 0.243 e. The molecular weight excluding hydrogens is 539 g/mol. The minimum absolute atomic E-state index is 0.00694. The van der Waals surface area contributed by atoms with E-state index in [1.807, 2.05) is 0 Å². The molecule has 1 aliphatic rings. The molecule has 1 aliphatic heterocycles. The van der Waals surface area contributed by atoms with Gasteiger partial charge in [-0.3, -0.25) is 14.5 Å². The Balaban J connectivity index is 1.57. The van der Waals surface area contributed by atoms with E-state index in [-0.39, 0.29) is 30.4 Å². The van der Waals surface area contributed by atoms with Gasteiger partial charge in [0, 0.05) is 45.3 Å². The van der Waals surface area contributed by atoms with Crippen LogP contribution >= 0.6 is 0 Å². The third-order valence-electron chi connectivity index (χ3n) is 6.46. The maximum atomic E-state index is 13.8. The number of amides is 2. The lowest BCUT2D eigenvalue weighted by atomic mass is 10.2. The predicted octanol–water partition coefficient (Wildman–Crippen LogP) is 2.93. The third kappa shape index (κ3) is 8.21. The molecule has 0 spiro atoms. The zero-order valence-corrected chi connectivity index (χ0v) is 23.1. The summed E-state index contributed by atoms with van der Waals surface area (Å²) in [6.07, 6.45) is 1.50. The van der Waals surface area contributed by atoms with Crippen LogP contribution in [0.5, 0.6) is 0 Å². The van der Waals surface area contributed by atoms with Gasteiger partial charge in [-0.15, -0.1) is 0 Å². The number of anilines is 1. The van der Waals surface area contributed by atoms with E-state index >= 15 is 0 Å². The monoisotopic (exact) mass is 572 g/mol. The van der Waals surface area contributed by atoms with Gasteiger partial charge in [-0.25, -0.2) is 12.8 Å². The molecule has 0 saturated carbocycles. The summed E-state index contributed by atoms with van der Waals surface area (Å²) < 4.78 is 53.0. The maximum Gasteiger partial charge on any atom is 0.243 e. The lowest BCUT2D eigenvalue weighted by Gasteiger charge is -2.31. The molecule has 12 heteroatoms. The number of carbonyl (C=O) groups excluding carboxylic acids is 2. The molecule has 1 fully saturated rings. The minimum atomic E-state index is -4.07. The number of hydrogen-bond acceptors (Lipinski definition) is 7. The summed E-state index contributed by atoms with van der Waals surface area (Å²) in [6.45, 7) is 4.20. The van der Waals surface area contributed by atoms with E-state index in [0.717, 1.165) is 0 Å². The van der Waals surface area contributed by atoms with E-state index in [9.17, 15) is 22.4 Å². The normalized spacial score (nSPS) is 14.3. The van der Waals surface area contributed by atoms with Crippen molar-refractivity contribution in [2.75, 3.05) is 51.3 Å². The summed E-state index contributed by atoms with van der Waals surface area (Å²) in [6, 6.07) is 15.1. The highest BCUT2D eigenvalue weighted by Crippen LogP contribution is 2.20. The minimum Gasteiger partial charge on any atom is -0.467 e. The SMILES string of the molecule is CC(=O)Nc1ccc(S(=O)(=O)N(CCN2CCOCC2)CC(=O)N(Cc2ccc(F)cc2)Cc2ccco2)cc1. The van der Waals surface area contributed by atoms with E-state index in [1.54, 1.807) is 24.3 Å². The molecule has 214 valence electrons. The highest BCUT2D eigenvalue weighted by Gasteiger charge is 2.29. The highest BCUT2D eigenvalue weighted by atomic mass is 32.2. The van der Waals surface area contributed by atoms with E-state index < -0.39 is 28.3 Å². The van der Waals surface area contributed by atoms with Crippen molar-refractivity contribution in [2.24, 2.45) is 0 Å². The van der Waals surface area contributed by atoms with E-state index in [0.29, 0.717) is 49.9 Å². The second-order valence-corrected chi connectivity index (χ2v) is 11.4. The largest absolute Gasteiger partial charge is 0.467 e. The molecule has 10 nitrogen and oxygen atoms in total. The number of rotatable bonds is 12. The van der Waals surface area contributed by atoms with Crippen molar-refractivity contribution >= 4 is 27.5 Å². The average molecular weight is 573 g/mol. The topological polar surface area (TPSA) is 112 Å². The molecule has 2 aromatic carbocycles. The van der Waals surface area contributed by atoms with Crippen LogP contribution < -0.4 is 5.32 Å². The number of furan rings is 1. The number of halogens is 1. The van der Waals surface area contributed by atoms with Crippen LogP contribution in [0.4, 0.5) is 10.1 Å². The summed E-state index contributed by atoms with van der Waals surface area (Å²) in [5, 5.41) is 2.62. The molecule has 0 aliphatic carbocycles. The number of nitrogens with one attached hydrogen (secondary N) is 1. The molecule has 0 bridgehead atoms. The maximum absolute atomic E-state index is 13.8. The standard InChI is InChI=1S/C28H33FN4O6S/c1-22(34)30-25-8-10-27(11-9-25)40(36,37)33(13-12-31-14-17-38-18-15-31)21-28(35)32(20-26-3-2-16-39-26)19-23-4-6-24(29)7-5-23/h2-11,16H,12-15,17-21H2,1H3,(H,30,34). The van der Waals surface area contributed by atoms with Crippen LogP contribution in [0.15, 0.2) is 76.2 Å². The molecule has 1 aromatic heterocycles. The summed E-state index contributed by atoms with van der Waals surface area (Å²) in [5.74, 6) is -0.559. The van der Waals surface area contributed by atoms with Gasteiger partial charge in [0.1, 0.15) is 11.6 Å². The van der Waals surface area contributed by atoms with Gasteiger partial charge in [0.15, 0.2) is 0 Å². The summed E-state index contributed by atoms with van der Waals surface area (Å²) >= 11 is 0. The van der Waals surface area contributed by atoms with Crippen LogP contribution in [0.1, 0.15) is 18.2 Å². The number of morpholine rings is 1. The summed E-state index contributed by atoms with van der Waals surface area (Å²) in [7, 11) is -4.07. The van der Waals surface area contributed by atoms with E-state index in [4.69, 9.17) is 9.15 Å². The number of sulfonamides is 1. The Kier molecular flexibility index (Phi) is 10.0. The van der Waals surface area contributed by atoms with Crippen LogP contribution in [-0.2, 0) is 37.4 Å². The molecule has 1 N–H and O–H groups in total. The van der Waals surface area contributed by atoms with E-state index in [1.165, 1.54) is 58.8 Å². The summed E-state index contributed by atoms with van der Waals surface area (Å²) in [4.78, 5) is 28.6. The van der Waals surface area contributed by atoms with Gasteiger partial charge in [0.2, 0.25) is 21.8 Å². The lowest BCUT2D eigenvalue weighted by Crippen LogP contribution is -2.47. The predicted molar refractivity (Wildman–Crippen MR) is 146 cm³/mol. The Morgan fingerprint density at radius 3 is 2.33 bits per heavy atom. The first kappa shape index (κ1) is 29.4. The number of benzene rings is 2. The average Bonchev–Trinajstić information content (AvgIpc) is 3.45. The van der Waals surface area contributed by atoms with Crippen molar-refractivity contribution in [1.29, 1.82) is 0 Å². The number of nitrogens with zero attached hydrogens (tertiary/aromatic N) is 3. The van der Waals surface area contributed by atoms with Crippen LogP contribution in [0.3, 0.4) is 0 Å². The second-order valence-electron chi connectivity index (χ2n) is 9.45. The molecule has 3 aromatic rings. The molecular formula is C28H33FN4O6S. The Morgan fingerprint density at radius 1 is 1.00 bits per heavy atom. The van der Waals surface area contributed by atoms with Gasteiger partial charge in [-0.1, -0.05) is 12.1 Å². The third-order valence-corrected chi connectivity index (χ3v) is 8.32. The van der Waals surface area contributed by atoms with Crippen LogP contribution in [0.2, 0.25) is 0 Å². The van der Waals surface area contributed by atoms with Crippen LogP contribution in [-0.4, -0.2) is 80.3 Å². The Morgan fingerprint density at radius 2 is 1.70 bits per heavy atom. The fraction of sp³-hybridized carbons (Fsp3) is 0.357. The Bertz CT molecular complexity index is 1360. The molecule has 1 saturated heterocycles. The van der Waals surface area contributed by atoms with Gasteiger partial charge in [-0.05, 0) is 54.1 Å². The van der Waals surface area contributed by atoms with Crippen LogP contribution in [0.25, 0.3) is 0 Å². The second kappa shape index (κ2) is 13.7. The molecule has 2 heterocycles. The van der Waals surface area contributed by atoms with Gasteiger partial charge in [0.25, 0.3) is 0 Å². The molecule has 0 radical (unpaired) electrons. The summed E-state index contributed by atoms with van der Waals surface area (Å²) in [5.41, 5.74) is 1.16. The van der Waals surface area contributed by atoms with Crippen LogP contribution in [0, 0.1) is 5.82 Å². The highest BCUT2D eigenvalue weighted by molar-refractivity contribution is 7.89. The number of hydrogen-bond donors (Lipinski definition) is 1. The molecule has 40 heavy (non-hydrogen) atoms. The molecule has 4 rings (SSSR count). The first-order chi connectivity index (χ1) is 19.2. The zero-order valence-electron chi connectivity index (χ0n) is 22.3. The fourth-order valence-electron chi connectivity index (χ4n) is 4.31. The van der Waals surface area contributed by atoms with E-state index in [2.05, 4.69) is 10.2 Å². The molecule has 0 atom stereocenters. The van der Waals surface area contributed by atoms with Crippen molar-refractivity contribution in [1.82, 2.24) is 14.1 Å². The van der Waals surface area contributed by atoms with Crippen molar-refractivity contribution in [2.45, 2.75) is 24.9 Å². The first-order valence-electron chi connectivity index (χ1n) is 12.9. The number of carbonyl (C=O) groups is 2. The van der Waals surface area contributed by atoms with Crippen molar-refractivity contribution in [3.8, 4) is 0 Å². The van der Waals surface area contributed by atoms with Gasteiger partial charge in [-0.2, -0.15) is 4.31 Å². The molecule has 2 amide bonds. The first-order valence-corrected chi connectivity index (χ1v) is 14.4. The van der Waals surface area contributed by atoms with Gasteiger partial charge >= 0.3 is 0 Å². The Labute approximate surface area is 233 Å².